The second-order valence-corrected chi connectivity index (χ2v) is 8.69. The average Bonchev–Trinajstić information content (AvgIpc) is 2.71. The number of piperidine rings is 1. The molecule has 0 bridgehead atoms. The lowest BCUT2D eigenvalue weighted by atomic mass is 9.86. The zero-order valence-electron chi connectivity index (χ0n) is 18.8. The minimum Gasteiger partial charge on any atom is -0.483 e. The van der Waals surface area contributed by atoms with Crippen molar-refractivity contribution in [1.82, 2.24) is 9.80 Å². The van der Waals surface area contributed by atoms with Crippen LogP contribution in [0.3, 0.4) is 0 Å². The molecular formula is C23H34N2O5. The Kier molecular flexibility index (Phi) is 8.26. The molecule has 7 heteroatoms. The summed E-state index contributed by atoms with van der Waals surface area (Å²) in [6, 6.07) is 7.67. The van der Waals surface area contributed by atoms with Gasteiger partial charge in [-0.25, -0.2) is 0 Å². The van der Waals surface area contributed by atoms with Crippen molar-refractivity contribution < 1.29 is 23.9 Å². The van der Waals surface area contributed by atoms with E-state index in [-0.39, 0.29) is 42.3 Å². The maximum Gasteiger partial charge on any atom is 0.309 e. The molecule has 2 rings (SSSR count). The molecule has 0 spiro atoms. The normalized spacial score (nSPS) is 14.9. The quantitative estimate of drug-likeness (QED) is 0.636. The first-order chi connectivity index (χ1) is 14.1. The first-order valence-electron chi connectivity index (χ1n) is 10.5. The first kappa shape index (κ1) is 23.7. The molecule has 166 valence electrons. The molecule has 0 atom stereocenters. The van der Waals surface area contributed by atoms with Gasteiger partial charge in [-0.3, -0.25) is 14.4 Å². The van der Waals surface area contributed by atoms with Crippen molar-refractivity contribution in [2.24, 2.45) is 5.92 Å². The van der Waals surface area contributed by atoms with Gasteiger partial charge in [0.1, 0.15) is 5.75 Å². The first-order valence-corrected chi connectivity index (χ1v) is 10.5. The van der Waals surface area contributed by atoms with Crippen LogP contribution in [0.2, 0.25) is 0 Å². The summed E-state index contributed by atoms with van der Waals surface area (Å²) in [5.74, 6) is -0.0370. The van der Waals surface area contributed by atoms with Crippen LogP contribution in [0.5, 0.6) is 5.75 Å². The van der Waals surface area contributed by atoms with Gasteiger partial charge in [0.2, 0.25) is 5.91 Å². The van der Waals surface area contributed by atoms with Crippen molar-refractivity contribution in [3.63, 3.8) is 0 Å². The number of hydrogen-bond donors (Lipinski definition) is 0. The van der Waals surface area contributed by atoms with Crippen LogP contribution < -0.4 is 4.74 Å². The Bertz CT molecular complexity index is 748. The van der Waals surface area contributed by atoms with E-state index in [4.69, 9.17) is 9.47 Å². The maximum absolute atomic E-state index is 12.6. The van der Waals surface area contributed by atoms with Gasteiger partial charge in [-0.2, -0.15) is 0 Å². The zero-order chi connectivity index (χ0) is 22.3. The second kappa shape index (κ2) is 10.5. The molecule has 0 saturated carbocycles. The lowest BCUT2D eigenvalue weighted by Crippen LogP contribution is -2.46. The molecular weight excluding hydrogens is 384 g/mol. The van der Waals surface area contributed by atoms with Crippen molar-refractivity contribution in [1.29, 1.82) is 0 Å². The number of rotatable bonds is 7. The number of likely N-dealkylation sites (N-methyl/N-ethyl adjacent to an activating group) is 1. The summed E-state index contributed by atoms with van der Waals surface area (Å²) in [5.41, 5.74) is 0.929. The molecule has 1 aromatic rings. The summed E-state index contributed by atoms with van der Waals surface area (Å²) >= 11 is 0. The van der Waals surface area contributed by atoms with Crippen molar-refractivity contribution in [2.45, 2.75) is 46.0 Å². The highest BCUT2D eigenvalue weighted by molar-refractivity contribution is 5.85. The molecule has 7 nitrogen and oxygen atoms in total. The molecule has 1 heterocycles. The molecule has 0 aliphatic carbocycles. The van der Waals surface area contributed by atoms with Crippen LogP contribution in [-0.2, 0) is 24.5 Å². The fraction of sp³-hybridized carbons (Fsp3) is 0.609. The van der Waals surface area contributed by atoms with E-state index in [2.05, 4.69) is 20.8 Å². The Morgan fingerprint density at radius 2 is 1.77 bits per heavy atom. The van der Waals surface area contributed by atoms with E-state index in [9.17, 15) is 14.4 Å². The number of para-hydroxylation sites is 1. The van der Waals surface area contributed by atoms with Crippen LogP contribution in [0.1, 0.15) is 46.1 Å². The summed E-state index contributed by atoms with van der Waals surface area (Å²) < 4.78 is 10.8. The summed E-state index contributed by atoms with van der Waals surface area (Å²) in [7, 11) is 1.60. The van der Waals surface area contributed by atoms with Crippen molar-refractivity contribution >= 4 is 17.8 Å². The number of esters is 1. The molecule has 0 radical (unpaired) electrons. The minimum absolute atomic E-state index is 0.00676. The number of carbonyl (C=O) groups excluding carboxylic acids is 3. The zero-order valence-corrected chi connectivity index (χ0v) is 18.8. The number of amides is 2. The Morgan fingerprint density at radius 1 is 1.13 bits per heavy atom. The van der Waals surface area contributed by atoms with Crippen LogP contribution in [0.25, 0.3) is 0 Å². The smallest absolute Gasteiger partial charge is 0.309 e. The summed E-state index contributed by atoms with van der Waals surface area (Å²) in [6.07, 6.45) is 1.18. The lowest BCUT2D eigenvalue weighted by molar-refractivity contribution is -0.151. The fourth-order valence-corrected chi connectivity index (χ4v) is 3.48. The van der Waals surface area contributed by atoms with Crippen LogP contribution in [-0.4, -0.2) is 67.5 Å². The van der Waals surface area contributed by atoms with Crippen LogP contribution in [0.15, 0.2) is 24.3 Å². The number of nitrogens with zero attached hydrogens (tertiary/aromatic N) is 2. The molecule has 0 N–H and O–H groups in total. The standard InChI is InChI=1S/C23H34N2O5/c1-6-29-22(28)17-11-13-25(14-12-17)20(26)15-24(5)21(27)16-30-19-10-8-7-9-18(19)23(2,3)4/h7-10,17H,6,11-16H2,1-5H3. The number of carbonyl (C=O) groups is 3. The topological polar surface area (TPSA) is 76.2 Å². The molecule has 1 saturated heterocycles. The van der Waals surface area contributed by atoms with Gasteiger partial charge in [0.25, 0.3) is 5.91 Å². The van der Waals surface area contributed by atoms with Crippen LogP contribution >= 0.6 is 0 Å². The Balaban J connectivity index is 1.82. The van der Waals surface area contributed by atoms with E-state index in [1.807, 2.05) is 24.3 Å². The molecule has 0 aromatic heterocycles. The monoisotopic (exact) mass is 418 g/mol. The number of hydrogen-bond acceptors (Lipinski definition) is 5. The Morgan fingerprint density at radius 3 is 2.37 bits per heavy atom. The molecule has 1 aliphatic heterocycles. The Hall–Kier alpha value is -2.57. The van der Waals surface area contributed by atoms with Gasteiger partial charge in [-0.15, -0.1) is 0 Å². The lowest BCUT2D eigenvalue weighted by Gasteiger charge is -2.32. The van der Waals surface area contributed by atoms with Crippen molar-refractivity contribution in [2.75, 3.05) is 39.9 Å². The third-order valence-electron chi connectivity index (χ3n) is 5.31. The predicted molar refractivity (Wildman–Crippen MR) is 114 cm³/mol. The Labute approximate surface area is 179 Å². The highest BCUT2D eigenvalue weighted by Gasteiger charge is 2.29. The highest BCUT2D eigenvalue weighted by atomic mass is 16.5. The number of likely N-dealkylation sites (tertiary alicyclic amines) is 1. The third kappa shape index (κ3) is 6.47. The van der Waals surface area contributed by atoms with Crippen molar-refractivity contribution in [3.05, 3.63) is 29.8 Å². The van der Waals surface area contributed by atoms with E-state index in [1.54, 1.807) is 18.9 Å². The van der Waals surface area contributed by atoms with Crippen LogP contribution in [0.4, 0.5) is 0 Å². The van der Waals surface area contributed by atoms with Gasteiger partial charge in [-0.05, 0) is 36.8 Å². The van der Waals surface area contributed by atoms with Crippen molar-refractivity contribution in [3.8, 4) is 5.75 Å². The molecule has 0 unspecified atom stereocenters. The largest absolute Gasteiger partial charge is 0.483 e. The van der Waals surface area contributed by atoms with E-state index >= 15 is 0 Å². The van der Waals surface area contributed by atoms with Gasteiger partial charge in [-0.1, -0.05) is 39.0 Å². The fourth-order valence-electron chi connectivity index (χ4n) is 3.48. The summed E-state index contributed by atoms with van der Waals surface area (Å²) in [5, 5.41) is 0. The third-order valence-corrected chi connectivity index (χ3v) is 5.31. The van der Waals surface area contributed by atoms with Gasteiger partial charge in [0.15, 0.2) is 6.61 Å². The summed E-state index contributed by atoms with van der Waals surface area (Å²) in [6.45, 7) is 9.30. The number of ether oxygens (including phenoxy) is 2. The SMILES string of the molecule is CCOC(=O)C1CCN(C(=O)CN(C)C(=O)COc2ccccc2C(C)(C)C)CC1. The van der Waals surface area contributed by atoms with E-state index in [0.29, 0.717) is 38.3 Å². The average molecular weight is 419 g/mol. The molecule has 1 aliphatic rings. The van der Waals surface area contributed by atoms with E-state index < -0.39 is 0 Å². The highest BCUT2D eigenvalue weighted by Crippen LogP contribution is 2.30. The second-order valence-electron chi connectivity index (χ2n) is 8.69. The van der Waals surface area contributed by atoms with Gasteiger partial charge < -0.3 is 19.3 Å². The molecule has 2 amide bonds. The van der Waals surface area contributed by atoms with Crippen LogP contribution in [0, 0.1) is 5.92 Å². The predicted octanol–water partition coefficient (Wildman–Crippen LogP) is 2.62. The molecule has 1 fully saturated rings. The van der Waals surface area contributed by atoms with E-state index in [1.165, 1.54) is 4.90 Å². The number of benzene rings is 1. The molecule has 30 heavy (non-hydrogen) atoms. The molecule has 1 aromatic carbocycles. The van der Waals surface area contributed by atoms with Gasteiger partial charge in [0, 0.05) is 20.1 Å². The maximum atomic E-state index is 12.6. The van der Waals surface area contributed by atoms with Gasteiger partial charge in [0.05, 0.1) is 19.1 Å². The summed E-state index contributed by atoms with van der Waals surface area (Å²) in [4.78, 5) is 39.9. The van der Waals surface area contributed by atoms with E-state index in [0.717, 1.165) is 5.56 Å². The van der Waals surface area contributed by atoms with Gasteiger partial charge >= 0.3 is 5.97 Å². The minimum atomic E-state index is -0.256.